The molecule has 0 spiro atoms. The van der Waals surface area contributed by atoms with Crippen LogP contribution in [-0.2, 0) is 6.54 Å². The predicted octanol–water partition coefficient (Wildman–Crippen LogP) is 2.10. The summed E-state index contributed by atoms with van der Waals surface area (Å²) in [4.78, 5) is 14.8. The van der Waals surface area contributed by atoms with E-state index < -0.39 is 5.97 Å². The molecule has 2 aromatic rings. The van der Waals surface area contributed by atoms with Crippen molar-refractivity contribution in [3.05, 3.63) is 53.9 Å². The van der Waals surface area contributed by atoms with Crippen LogP contribution >= 0.6 is 0 Å². The predicted molar refractivity (Wildman–Crippen MR) is 66.6 cm³/mol. The minimum absolute atomic E-state index is 0.116. The molecule has 0 aliphatic heterocycles. The molecule has 0 aliphatic carbocycles. The van der Waals surface area contributed by atoms with Gasteiger partial charge in [-0.2, -0.15) is 0 Å². The van der Waals surface area contributed by atoms with Crippen LogP contribution in [0.1, 0.15) is 15.9 Å². The third kappa shape index (κ3) is 2.76. The average molecular weight is 244 g/mol. The van der Waals surface area contributed by atoms with Gasteiger partial charge in [0.2, 0.25) is 0 Å². The molecular weight excluding hydrogens is 232 g/mol. The van der Waals surface area contributed by atoms with Crippen LogP contribution in [0.4, 0.5) is 5.69 Å². The van der Waals surface area contributed by atoms with Gasteiger partial charge in [0, 0.05) is 24.6 Å². The van der Waals surface area contributed by atoms with E-state index in [1.54, 1.807) is 18.5 Å². The number of nitrogens with zero attached hydrogens (tertiary/aromatic N) is 1. The Bertz CT molecular complexity index is 555. The summed E-state index contributed by atoms with van der Waals surface area (Å²) in [6, 6.07) is 8.12. The number of carbonyl (C=O) groups is 1. The number of aromatic nitrogens is 1. The Morgan fingerprint density at radius 2 is 1.94 bits per heavy atom. The summed E-state index contributed by atoms with van der Waals surface area (Å²) in [5.74, 6) is -1.39. The fourth-order valence-corrected chi connectivity index (χ4v) is 1.52. The van der Waals surface area contributed by atoms with E-state index in [9.17, 15) is 9.90 Å². The van der Waals surface area contributed by atoms with Crippen molar-refractivity contribution in [2.75, 3.05) is 5.32 Å². The molecule has 0 aliphatic rings. The highest BCUT2D eigenvalue weighted by Gasteiger charge is 2.09. The van der Waals surface area contributed by atoms with Crippen LogP contribution < -0.4 is 5.32 Å². The van der Waals surface area contributed by atoms with E-state index >= 15 is 0 Å². The molecule has 18 heavy (non-hydrogen) atoms. The van der Waals surface area contributed by atoms with Gasteiger partial charge in [0.25, 0.3) is 0 Å². The molecule has 0 saturated carbocycles. The topological polar surface area (TPSA) is 82.5 Å². The SMILES string of the molecule is O=C(O)c1cc(NCc2ccncc2)ccc1O. The molecular formula is C13H12N2O3. The standard InChI is InChI=1S/C13H12N2O3/c16-12-2-1-10(7-11(12)13(17)18)15-8-9-3-5-14-6-4-9/h1-7,15-16H,8H2,(H,17,18). The second-order valence-electron chi connectivity index (χ2n) is 3.75. The van der Waals surface area contributed by atoms with Gasteiger partial charge in [0.05, 0.1) is 0 Å². The molecule has 2 rings (SSSR count). The summed E-state index contributed by atoms with van der Waals surface area (Å²) in [5, 5.41) is 21.3. The molecule has 5 nitrogen and oxygen atoms in total. The molecule has 92 valence electrons. The largest absolute Gasteiger partial charge is 0.507 e. The molecule has 1 aromatic carbocycles. The number of hydrogen-bond donors (Lipinski definition) is 3. The summed E-state index contributed by atoms with van der Waals surface area (Å²) in [6.07, 6.45) is 3.38. The fourth-order valence-electron chi connectivity index (χ4n) is 1.52. The Balaban J connectivity index is 2.11. The zero-order chi connectivity index (χ0) is 13.0. The summed E-state index contributed by atoms with van der Waals surface area (Å²) in [5.41, 5.74) is 1.56. The van der Waals surface area contributed by atoms with Gasteiger partial charge < -0.3 is 15.5 Å². The van der Waals surface area contributed by atoms with Crippen molar-refractivity contribution in [1.82, 2.24) is 4.98 Å². The summed E-state index contributed by atoms with van der Waals surface area (Å²) < 4.78 is 0. The normalized spacial score (nSPS) is 10.0. The maximum absolute atomic E-state index is 10.9. The number of carboxylic acids is 1. The first-order valence-corrected chi connectivity index (χ1v) is 5.36. The van der Waals surface area contributed by atoms with Crippen LogP contribution in [0.5, 0.6) is 5.75 Å². The zero-order valence-electron chi connectivity index (χ0n) is 9.50. The molecule has 1 heterocycles. The number of carboxylic acid groups (broad SMARTS) is 1. The maximum Gasteiger partial charge on any atom is 0.339 e. The fraction of sp³-hybridized carbons (Fsp3) is 0.0769. The first-order chi connectivity index (χ1) is 8.66. The van der Waals surface area contributed by atoms with Gasteiger partial charge in [-0.15, -0.1) is 0 Å². The molecule has 0 unspecified atom stereocenters. The number of benzene rings is 1. The number of rotatable bonds is 4. The number of hydrogen-bond acceptors (Lipinski definition) is 4. The molecule has 0 amide bonds. The van der Waals surface area contributed by atoms with Crippen molar-refractivity contribution in [2.24, 2.45) is 0 Å². The lowest BCUT2D eigenvalue weighted by atomic mass is 10.1. The summed E-state index contributed by atoms with van der Waals surface area (Å²) in [7, 11) is 0. The highest BCUT2D eigenvalue weighted by Crippen LogP contribution is 2.21. The molecule has 1 aromatic heterocycles. The molecule has 5 heteroatoms. The van der Waals surface area contributed by atoms with Crippen molar-refractivity contribution in [3.63, 3.8) is 0 Å². The van der Waals surface area contributed by atoms with Gasteiger partial charge >= 0.3 is 5.97 Å². The smallest absolute Gasteiger partial charge is 0.339 e. The van der Waals surface area contributed by atoms with E-state index in [1.807, 2.05) is 12.1 Å². The highest BCUT2D eigenvalue weighted by molar-refractivity contribution is 5.91. The van der Waals surface area contributed by atoms with E-state index in [4.69, 9.17) is 5.11 Å². The molecule has 0 saturated heterocycles. The minimum atomic E-state index is -1.15. The Kier molecular flexibility index (Phi) is 3.43. The maximum atomic E-state index is 10.9. The van der Waals surface area contributed by atoms with E-state index in [2.05, 4.69) is 10.3 Å². The monoisotopic (exact) mass is 244 g/mol. The van der Waals surface area contributed by atoms with E-state index in [-0.39, 0.29) is 11.3 Å². The highest BCUT2D eigenvalue weighted by atomic mass is 16.4. The Morgan fingerprint density at radius 3 is 2.61 bits per heavy atom. The zero-order valence-corrected chi connectivity index (χ0v) is 9.50. The van der Waals surface area contributed by atoms with Gasteiger partial charge in [-0.25, -0.2) is 4.79 Å². The lowest BCUT2D eigenvalue weighted by Crippen LogP contribution is -2.02. The average Bonchev–Trinajstić information content (AvgIpc) is 2.38. The first-order valence-electron chi connectivity index (χ1n) is 5.36. The lowest BCUT2D eigenvalue weighted by Gasteiger charge is -2.08. The second-order valence-corrected chi connectivity index (χ2v) is 3.75. The third-order valence-corrected chi connectivity index (χ3v) is 2.47. The summed E-state index contributed by atoms with van der Waals surface area (Å²) >= 11 is 0. The number of aromatic carboxylic acids is 1. The van der Waals surface area contributed by atoms with Crippen molar-refractivity contribution >= 4 is 11.7 Å². The van der Waals surface area contributed by atoms with Gasteiger partial charge in [-0.3, -0.25) is 4.98 Å². The number of aromatic hydroxyl groups is 1. The van der Waals surface area contributed by atoms with Crippen LogP contribution in [0.15, 0.2) is 42.7 Å². The van der Waals surface area contributed by atoms with Crippen molar-refractivity contribution in [2.45, 2.75) is 6.54 Å². The molecule has 3 N–H and O–H groups in total. The van der Waals surface area contributed by atoms with Gasteiger partial charge in [-0.05, 0) is 35.9 Å². The van der Waals surface area contributed by atoms with Gasteiger partial charge in [-0.1, -0.05) is 0 Å². The van der Waals surface area contributed by atoms with Crippen LogP contribution in [0.3, 0.4) is 0 Å². The van der Waals surface area contributed by atoms with Crippen LogP contribution in [-0.4, -0.2) is 21.2 Å². The van der Waals surface area contributed by atoms with Crippen LogP contribution in [0.2, 0.25) is 0 Å². The molecule has 0 bridgehead atoms. The molecule has 0 fully saturated rings. The van der Waals surface area contributed by atoms with Crippen LogP contribution in [0.25, 0.3) is 0 Å². The number of nitrogens with one attached hydrogen (secondary N) is 1. The lowest BCUT2D eigenvalue weighted by molar-refractivity contribution is 0.0694. The number of pyridine rings is 1. The second kappa shape index (κ2) is 5.18. The van der Waals surface area contributed by atoms with Gasteiger partial charge in [0.1, 0.15) is 11.3 Å². The summed E-state index contributed by atoms with van der Waals surface area (Å²) in [6.45, 7) is 0.562. The Hall–Kier alpha value is -2.56. The Morgan fingerprint density at radius 1 is 1.22 bits per heavy atom. The van der Waals surface area contributed by atoms with Gasteiger partial charge in [0.15, 0.2) is 0 Å². The number of phenols is 1. The third-order valence-electron chi connectivity index (χ3n) is 2.47. The van der Waals surface area contributed by atoms with Crippen LogP contribution in [0, 0.1) is 0 Å². The van der Waals surface area contributed by atoms with E-state index in [1.165, 1.54) is 12.1 Å². The minimum Gasteiger partial charge on any atom is -0.507 e. The van der Waals surface area contributed by atoms with E-state index in [0.29, 0.717) is 12.2 Å². The Labute approximate surface area is 104 Å². The van der Waals surface area contributed by atoms with Crippen molar-refractivity contribution in [1.29, 1.82) is 0 Å². The van der Waals surface area contributed by atoms with Crippen molar-refractivity contribution < 1.29 is 15.0 Å². The molecule has 0 atom stereocenters. The van der Waals surface area contributed by atoms with Crippen molar-refractivity contribution in [3.8, 4) is 5.75 Å². The quantitative estimate of drug-likeness (QED) is 0.717. The van der Waals surface area contributed by atoms with E-state index in [0.717, 1.165) is 5.56 Å². The number of anilines is 1. The molecule has 0 radical (unpaired) electrons. The first kappa shape index (κ1) is 11.9.